The van der Waals surface area contributed by atoms with Gasteiger partial charge in [0, 0.05) is 50.9 Å². The smallest absolute Gasteiger partial charge is 0.292 e. The first-order valence-corrected chi connectivity index (χ1v) is 9.06. The Kier molecular flexibility index (Phi) is 5.59. The van der Waals surface area contributed by atoms with Crippen LogP contribution >= 0.6 is 0 Å². The van der Waals surface area contributed by atoms with Crippen LogP contribution < -0.4 is 10.2 Å². The normalized spacial score (nSPS) is 15.3. The highest BCUT2D eigenvalue weighted by Gasteiger charge is 2.22. The van der Waals surface area contributed by atoms with E-state index in [1.165, 1.54) is 0 Å². The maximum absolute atomic E-state index is 11.5. The molecule has 1 heterocycles. The molecule has 0 bridgehead atoms. The lowest BCUT2D eigenvalue weighted by Gasteiger charge is -2.35. The SMILES string of the molecule is CC(=O)N1CCN(c2ccc([N+](=O)[O-])c(NC(C)c3ccccc3)c2)CC1. The summed E-state index contributed by atoms with van der Waals surface area (Å²) in [5, 5.41) is 14.7. The Hall–Kier alpha value is -3.09. The third-order valence-corrected chi connectivity index (χ3v) is 4.94. The number of anilines is 2. The number of carbonyl (C=O) groups is 1. The van der Waals surface area contributed by atoms with Crippen LogP contribution in [-0.4, -0.2) is 41.9 Å². The molecule has 27 heavy (non-hydrogen) atoms. The molecule has 2 aromatic carbocycles. The van der Waals surface area contributed by atoms with Gasteiger partial charge in [-0.2, -0.15) is 0 Å². The summed E-state index contributed by atoms with van der Waals surface area (Å²) in [6.07, 6.45) is 0. The molecule has 1 aliphatic rings. The van der Waals surface area contributed by atoms with Gasteiger partial charge in [0.2, 0.25) is 5.91 Å². The van der Waals surface area contributed by atoms with E-state index in [2.05, 4.69) is 10.2 Å². The average molecular weight is 368 g/mol. The zero-order valence-corrected chi connectivity index (χ0v) is 15.6. The largest absolute Gasteiger partial charge is 0.373 e. The average Bonchev–Trinajstić information content (AvgIpc) is 2.68. The maximum atomic E-state index is 11.5. The monoisotopic (exact) mass is 368 g/mol. The summed E-state index contributed by atoms with van der Waals surface area (Å²) >= 11 is 0. The number of nitro groups is 1. The molecule has 1 unspecified atom stereocenters. The molecule has 1 amide bonds. The van der Waals surface area contributed by atoms with Crippen molar-refractivity contribution >= 4 is 23.0 Å². The molecule has 2 aromatic rings. The Morgan fingerprint density at radius 3 is 2.37 bits per heavy atom. The zero-order valence-electron chi connectivity index (χ0n) is 15.6. The lowest BCUT2D eigenvalue weighted by Crippen LogP contribution is -2.48. The Bertz CT molecular complexity index is 817. The lowest BCUT2D eigenvalue weighted by molar-refractivity contribution is -0.384. The number of nitrogens with one attached hydrogen (secondary N) is 1. The number of nitrogens with zero attached hydrogens (tertiary/aromatic N) is 3. The summed E-state index contributed by atoms with van der Waals surface area (Å²) in [4.78, 5) is 26.6. The van der Waals surface area contributed by atoms with Gasteiger partial charge in [-0.1, -0.05) is 30.3 Å². The van der Waals surface area contributed by atoms with Crippen molar-refractivity contribution in [1.29, 1.82) is 0 Å². The third kappa shape index (κ3) is 4.36. The van der Waals surface area contributed by atoms with Crippen molar-refractivity contribution in [3.63, 3.8) is 0 Å². The van der Waals surface area contributed by atoms with E-state index >= 15 is 0 Å². The fourth-order valence-corrected chi connectivity index (χ4v) is 3.33. The molecular weight excluding hydrogens is 344 g/mol. The Morgan fingerprint density at radius 2 is 1.78 bits per heavy atom. The van der Waals surface area contributed by atoms with E-state index in [9.17, 15) is 14.9 Å². The minimum absolute atomic E-state index is 0.0592. The van der Waals surface area contributed by atoms with Crippen LogP contribution in [0.25, 0.3) is 0 Å². The van der Waals surface area contributed by atoms with Crippen molar-refractivity contribution in [2.75, 3.05) is 36.4 Å². The van der Waals surface area contributed by atoms with E-state index in [-0.39, 0.29) is 22.6 Å². The first-order valence-electron chi connectivity index (χ1n) is 9.06. The van der Waals surface area contributed by atoms with E-state index in [0.29, 0.717) is 31.9 Å². The number of rotatable bonds is 5. The predicted octanol–water partition coefficient (Wildman–Crippen LogP) is 3.44. The molecule has 7 nitrogen and oxygen atoms in total. The number of carbonyl (C=O) groups excluding carboxylic acids is 1. The van der Waals surface area contributed by atoms with Crippen LogP contribution in [-0.2, 0) is 4.79 Å². The van der Waals surface area contributed by atoms with Gasteiger partial charge in [0.25, 0.3) is 5.69 Å². The number of nitro benzene ring substituents is 1. The van der Waals surface area contributed by atoms with Crippen LogP contribution in [0.3, 0.4) is 0 Å². The molecule has 7 heteroatoms. The van der Waals surface area contributed by atoms with E-state index < -0.39 is 0 Å². The summed E-state index contributed by atoms with van der Waals surface area (Å²) < 4.78 is 0. The van der Waals surface area contributed by atoms with Crippen LogP contribution in [0.15, 0.2) is 48.5 Å². The lowest BCUT2D eigenvalue weighted by atomic mass is 10.1. The van der Waals surface area contributed by atoms with Gasteiger partial charge in [-0.25, -0.2) is 0 Å². The molecule has 0 spiro atoms. The second-order valence-corrected chi connectivity index (χ2v) is 6.73. The Labute approximate surface area is 158 Å². The summed E-state index contributed by atoms with van der Waals surface area (Å²) in [5.74, 6) is 0.0809. The molecule has 1 aliphatic heterocycles. The molecule has 0 aliphatic carbocycles. The molecular formula is C20H24N4O3. The number of hydrogen-bond acceptors (Lipinski definition) is 5. The van der Waals surface area contributed by atoms with Crippen LogP contribution in [0.2, 0.25) is 0 Å². The molecule has 1 saturated heterocycles. The Morgan fingerprint density at radius 1 is 1.11 bits per heavy atom. The van der Waals surface area contributed by atoms with Crippen LogP contribution in [0.4, 0.5) is 17.1 Å². The predicted molar refractivity (Wildman–Crippen MR) is 106 cm³/mol. The summed E-state index contributed by atoms with van der Waals surface area (Å²) in [7, 11) is 0. The molecule has 0 radical (unpaired) electrons. The van der Waals surface area contributed by atoms with E-state index in [0.717, 1.165) is 11.3 Å². The highest BCUT2D eigenvalue weighted by Crippen LogP contribution is 2.32. The molecule has 3 rings (SSSR count). The van der Waals surface area contributed by atoms with Gasteiger partial charge in [0.1, 0.15) is 5.69 Å². The standard InChI is InChI=1S/C20H24N4O3/c1-15(17-6-4-3-5-7-17)21-19-14-18(8-9-20(19)24(26)27)23-12-10-22(11-13-23)16(2)25/h3-9,14-15,21H,10-13H2,1-2H3. The van der Waals surface area contributed by atoms with Crippen molar-refractivity contribution in [1.82, 2.24) is 4.90 Å². The second-order valence-electron chi connectivity index (χ2n) is 6.73. The van der Waals surface area contributed by atoms with E-state index in [1.807, 2.05) is 48.2 Å². The number of amides is 1. The first kappa shape index (κ1) is 18.7. The van der Waals surface area contributed by atoms with Crippen molar-refractivity contribution in [2.45, 2.75) is 19.9 Å². The van der Waals surface area contributed by atoms with Gasteiger partial charge in [0.05, 0.1) is 4.92 Å². The third-order valence-electron chi connectivity index (χ3n) is 4.94. The topological polar surface area (TPSA) is 78.7 Å². The van der Waals surface area contributed by atoms with Gasteiger partial charge in [-0.05, 0) is 24.6 Å². The van der Waals surface area contributed by atoms with Crippen molar-refractivity contribution in [3.05, 3.63) is 64.2 Å². The minimum atomic E-state index is -0.364. The summed E-state index contributed by atoms with van der Waals surface area (Å²) in [5.41, 5.74) is 2.55. The van der Waals surface area contributed by atoms with Crippen molar-refractivity contribution < 1.29 is 9.72 Å². The summed E-state index contributed by atoms with van der Waals surface area (Å²) in [6, 6.07) is 14.9. The molecule has 1 atom stereocenters. The molecule has 1 N–H and O–H groups in total. The molecule has 0 saturated carbocycles. The van der Waals surface area contributed by atoms with E-state index in [4.69, 9.17) is 0 Å². The molecule has 1 fully saturated rings. The summed E-state index contributed by atoms with van der Waals surface area (Å²) in [6.45, 7) is 6.31. The number of hydrogen-bond donors (Lipinski definition) is 1. The molecule has 142 valence electrons. The molecule has 0 aromatic heterocycles. The van der Waals surface area contributed by atoms with Crippen molar-refractivity contribution in [2.24, 2.45) is 0 Å². The van der Waals surface area contributed by atoms with Gasteiger partial charge in [-0.15, -0.1) is 0 Å². The van der Waals surface area contributed by atoms with E-state index in [1.54, 1.807) is 19.1 Å². The van der Waals surface area contributed by atoms with Gasteiger partial charge >= 0.3 is 0 Å². The fourth-order valence-electron chi connectivity index (χ4n) is 3.33. The highest BCUT2D eigenvalue weighted by atomic mass is 16.6. The quantitative estimate of drug-likeness (QED) is 0.646. The zero-order chi connectivity index (χ0) is 19.4. The fraction of sp³-hybridized carbons (Fsp3) is 0.350. The van der Waals surface area contributed by atoms with Crippen LogP contribution in [0.5, 0.6) is 0 Å². The van der Waals surface area contributed by atoms with Crippen LogP contribution in [0, 0.1) is 10.1 Å². The van der Waals surface area contributed by atoms with Gasteiger partial charge in [0.15, 0.2) is 0 Å². The Balaban J connectivity index is 1.81. The van der Waals surface area contributed by atoms with Crippen molar-refractivity contribution in [3.8, 4) is 0 Å². The second kappa shape index (κ2) is 8.07. The highest BCUT2D eigenvalue weighted by molar-refractivity contribution is 5.74. The first-order chi connectivity index (χ1) is 13.0. The maximum Gasteiger partial charge on any atom is 0.292 e. The van der Waals surface area contributed by atoms with Gasteiger partial charge in [-0.3, -0.25) is 14.9 Å². The number of piperazine rings is 1. The number of benzene rings is 2. The van der Waals surface area contributed by atoms with Crippen LogP contribution in [0.1, 0.15) is 25.5 Å². The minimum Gasteiger partial charge on any atom is -0.373 e. The van der Waals surface area contributed by atoms with Gasteiger partial charge < -0.3 is 15.1 Å².